The molecule has 5 aromatic carbocycles. The summed E-state index contributed by atoms with van der Waals surface area (Å²) in [7, 11) is 3.34. The maximum atomic E-state index is 12.2. The first kappa shape index (κ1) is 30.2. The van der Waals surface area contributed by atoms with Gasteiger partial charge < -0.3 is 14.4 Å². The van der Waals surface area contributed by atoms with E-state index in [1.165, 1.54) is 4.70 Å². The molecule has 0 radical (unpaired) electrons. The molecule has 0 spiro atoms. The van der Waals surface area contributed by atoms with Crippen LogP contribution in [0.3, 0.4) is 0 Å². The minimum atomic E-state index is 0.649. The van der Waals surface area contributed by atoms with Gasteiger partial charge in [-0.2, -0.15) is 0 Å². The number of benzene rings is 5. The predicted octanol–water partition coefficient (Wildman–Crippen LogP) is 10.9. The lowest BCUT2D eigenvalue weighted by Gasteiger charge is -2.26. The van der Waals surface area contributed by atoms with Crippen molar-refractivity contribution in [1.82, 2.24) is 4.98 Å². The molecule has 230 valence electrons. The van der Waals surface area contributed by atoms with Crippen LogP contribution in [0.5, 0.6) is 11.5 Å². The van der Waals surface area contributed by atoms with Crippen molar-refractivity contribution < 1.29 is 14.3 Å². The van der Waals surface area contributed by atoms with E-state index in [0.717, 1.165) is 71.8 Å². The quantitative estimate of drug-likeness (QED) is 0.109. The summed E-state index contributed by atoms with van der Waals surface area (Å²) < 4.78 is 11.9. The van der Waals surface area contributed by atoms with Gasteiger partial charge in [0.15, 0.2) is 6.29 Å². The molecule has 0 N–H and O–H groups in total. The number of hydrogen-bond donors (Lipinski definition) is 0. The van der Waals surface area contributed by atoms with Crippen LogP contribution in [-0.2, 0) is 4.79 Å². The molecule has 5 nitrogen and oxygen atoms in total. The Morgan fingerprint density at radius 2 is 1.21 bits per heavy atom. The van der Waals surface area contributed by atoms with Crippen molar-refractivity contribution in [1.29, 1.82) is 0 Å². The highest BCUT2D eigenvalue weighted by Crippen LogP contribution is 2.39. The average molecular weight is 651 g/mol. The Hall–Kier alpha value is -5.50. The highest BCUT2D eigenvalue weighted by Gasteiger charge is 2.14. The molecule has 0 aliphatic heterocycles. The van der Waals surface area contributed by atoms with Crippen LogP contribution in [0.1, 0.15) is 10.4 Å². The van der Waals surface area contributed by atoms with Crippen molar-refractivity contribution in [2.45, 2.75) is 0 Å². The zero-order chi connectivity index (χ0) is 32.2. The second-order valence-corrected chi connectivity index (χ2v) is 12.9. The van der Waals surface area contributed by atoms with Crippen LogP contribution in [0.25, 0.3) is 42.9 Å². The van der Waals surface area contributed by atoms with Gasteiger partial charge in [-0.05, 0) is 102 Å². The smallest absolute Gasteiger partial charge is 0.151 e. The number of carbonyl (C=O) groups excluding carboxylic acids is 1. The average Bonchev–Trinajstić information content (AvgIpc) is 3.80. The third-order valence-electron chi connectivity index (χ3n) is 7.86. The van der Waals surface area contributed by atoms with Gasteiger partial charge in [0.05, 0.1) is 24.4 Å². The molecule has 0 atom stereocenters. The van der Waals surface area contributed by atoms with Crippen LogP contribution < -0.4 is 14.4 Å². The molecule has 7 aromatic rings. The maximum absolute atomic E-state index is 12.2. The lowest BCUT2D eigenvalue weighted by Crippen LogP contribution is -2.09. The number of anilines is 3. The first-order valence-corrected chi connectivity index (χ1v) is 16.7. The van der Waals surface area contributed by atoms with Crippen molar-refractivity contribution in [3.05, 3.63) is 144 Å². The van der Waals surface area contributed by atoms with E-state index in [2.05, 4.69) is 53.4 Å². The Labute approximate surface area is 281 Å². The summed E-state index contributed by atoms with van der Waals surface area (Å²) >= 11 is 3.29. The first-order valence-electron chi connectivity index (χ1n) is 15.0. The molecule has 0 amide bonds. The fourth-order valence-corrected chi connectivity index (χ4v) is 7.35. The van der Waals surface area contributed by atoms with Gasteiger partial charge in [0.25, 0.3) is 0 Å². The SMILES string of the molecule is COc1ccc(N(c2ccc(OC)cc2)c2ccc(-c3ccc(/C(C=O)=C/c4ccc(-c5nc6ccccc6s5)cc4)s3)cc2)cc1. The number of fused-ring (bicyclic) bond motifs is 1. The molecular formula is C40H30N2O3S2. The minimum absolute atomic E-state index is 0.649. The van der Waals surface area contributed by atoms with Gasteiger partial charge in [-0.3, -0.25) is 4.79 Å². The molecule has 0 fully saturated rings. The van der Waals surface area contributed by atoms with Gasteiger partial charge in [0.2, 0.25) is 0 Å². The van der Waals surface area contributed by atoms with E-state index in [1.807, 2.05) is 91.0 Å². The van der Waals surface area contributed by atoms with Crippen LogP contribution in [0.4, 0.5) is 17.1 Å². The number of thiophene rings is 1. The van der Waals surface area contributed by atoms with Gasteiger partial charge in [-0.15, -0.1) is 22.7 Å². The van der Waals surface area contributed by atoms with Crippen molar-refractivity contribution in [2.75, 3.05) is 19.1 Å². The molecule has 0 unspecified atom stereocenters. The van der Waals surface area contributed by atoms with E-state index in [9.17, 15) is 4.79 Å². The highest BCUT2D eigenvalue weighted by molar-refractivity contribution is 7.21. The Morgan fingerprint density at radius 1 is 0.638 bits per heavy atom. The van der Waals surface area contributed by atoms with Crippen molar-refractivity contribution in [3.63, 3.8) is 0 Å². The molecule has 0 bridgehead atoms. The van der Waals surface area contributed by atoms with Crippen LogP contribution >= 0.6 is 22.7 Å². The van der Waals surface area contributed by atoms with E-state index in [1.54, 1.807) is 36.9 Å². The molecule has 0 saturated heterocycles. The Balaban J connectivity index is 1.12. The number of aldehydes is 1. The van der Waals surface area contributed by atoms with Crippen molar-refractivity contribution in [3.8, 4) is 32.5 Å². The number of thiazole rings is 1. The van der Waals surface area contributed by atoms with Crippen LogP contribution in [-0.4, -0.2) is 25.5 Å². The zero-order valence-electron chi connectivity index (χ0n) is 25.8. The molecular weight excluding hydrogens is 621 g/mol. The first-order chi connectivity index (χ1) is 23.1. The fraction of sp³-hybridized carbons (Fsp3) is 0.0500. The highest BCUT2D eigenvalue weighted by atomic mass is 32.1. The third-order valence-corrected chi connectivity index (χ3v) is 10.1. The summed E-state index contributed by atoms with van der Waals surface area (Å²) in [6.07, 6.45) is 2.87. The summed E-state index contributed by atoms with van der Waals surface area (Å²) in [5, 5.41) is 0.988. The number of hydrogen-bond acceptors (Lipinski definition) is 7. The maximum Gasteiger partial charge on any atom is 0.151 e. The van der Waals surface area contributed by atoms with E-state index in [4.69, 9.17) is 14.5 Å². The van der Waals surface area contributed by atoms with Crippen LogP contribution in [0.15, 0.2) is 133 Å². The molecule has 7 rings (SSSR count). The number of rotatable bonds is 10. The third kappa shape index (κ3) is 6.45. The van der Waals surface area contributed by atoms with Crippen molar-refractivity contribution in [2.24, 2.45) is 0 Å². The minimum Gasteiger partial charge on any atom is -0.497 e. The number of aromatic nitrogens is 1. The van der Waals surface area contributed by atoms with E-state index in [0.29, 0.717) is 5.57 Å². The van der Waals surface area contributed by atoms with E-state index >= 15 is 0 Å². The van der Waals surface area contributed by atoms with Gasteiger partial charge >= 0.3 is 0 Å². The Bertz CT molecular complexity index is 2080. The Morgan fingerprint density at radius 3 is 1.79 bits per heavy atom. The fourth-order valence-electron chi connectivity index (χ4n) is 5.39. The van der Waals surface area contributed by atoms with Gasteiger partial charge in [0, 0.05) is 38.0 Å². The topological polar surface area (TPSA) is 51.7 Å². The van der Waals surface area contributed by atoms with E-state index in [-0.39, 0.29) is 0 Å². The summed E-state index contributed by atoms with van der Waals surface area (Å²) in [6.45, 7) is 0. The standard InChI is InChI=1S/C40H30N2O3S2/c1-44-34-19-15-32(16-20-34)42(33-17-21-35(45-2)22-18-33)31-13-11-28(12-14-31)37-23-24-38(46-37)30(26-43)25-27-7-9-29(10-8-27)40-41-36-5-3-4-6-39(36)47-40/h3-26H,1-2H3/b30-25+. The predicted molar refractivity (Wildman–Crippen MR) is 197 cm³/mol. The van der Waals surface area contributed by atoms with E-state index < -0.39 is 0 Å². The summed E-state index contributed by atoms with van der Waals surface area (Å²) in [4.78, 5) is 21.2. The second-order valence-electron chi connectivity index (χ2n) is 10.8. The van der Waals surface area contributed by atoms with Gasteiger partial charge in [0.1, 0.15) is 16.5 Å². The second kappa shape index (κ2) is 13.5. The number of carbonyl (C=O) groups is 1. The van der Waals surface area contributed by atoms with Crippen LogP contribution in [0, 0.1) is 0 Å². The monoisotopic (exact) mass is 650 g/mol. The number of methoxy groups -OCH3 is 2. The van der Waals surface area contributed by atoms with Gasteiger partial charge in [-0.1, -0.05) is 48.5 Å². The molecule has 7 heteroatoms. The lowest BCUT2D eigenvalue weighted by molar-refractivity contribution is -0.103. The molecule has 47 heavy (non-hydrogen) atoms. The van der Waals surface area contributed by atoms with Gasteiger partial charge in [-0.25, -0.2) is 4.98 Å². The normalized spacial score (nSPS) is 11.4. The molecule has 0 saturated carbocycles. The molecule has 0 aliphatic carbocycles. The number of ether oxygens (including phenoxy) is 2. The molecule has 0 aliphatic rings. The largest absolute Gasteiger partial charge is 0.497 e. The zero-order valence-corrected chi connectivity index (χ0v) is 27.4. The molecule has 2 heterocycles. The van der Waals surface area contributed by atoms with Crippen molar-refractivity contribution >= 4 is 67.9 Å². The van der Waals surface area contributed by atoms with Crippen LogP contribution in [0.2, 0.25) is 0 Å². The summed E-state index contributed by atoms with van der Waals surface area (Å²) in [6, 6.07) is 45.0. The molecule has 2 aromatic heterocycles. The number of nitrogens with zero attached hydrogens (tertiary/aromatic N) is 2. The Kier molecular flexibility index (Phi) is 8.64. The number of allylic oxidation sites excluding steroid dienone is 1. The summed E-state index contributed by atoms with van der Waals surface area (Å²) in [5.74, 6) is 1.61. The summed E-state index contributed by atoms with van der Waals surface area (Å²) in [5.41, 5.74) is 7.81. The lowest BCUT2D eigenvalue weighted by atomic mass is 10.1. The number of para-hydroxylation sites is 1.